The van der Waals surface area contributed by atoms with Crippen LogP contribution in [-0.4, -0.2) is 16.1 Å². The molecule has 25 heavy (non-hydrogen) atoms. The molecule has 5 nitrogen and oxygen atoms in total. The maximum Gasteiger partial charge on any atom is 0.247 e. The Morgan fingerprint density at radius 2 is 1.96 bits per heavy atom. The van der Waals surface area contributed by atoms with E-state index in [9.17, 15) is 4.79 Å². The number of nitrogens with one attached hydrogen (secondary N) is 1. The van der Waals surface area contributed by atoms with Crippen LogP contribution in [0.5, 0.6) is 0 Å². The predicted molar refractivity (Wildman–Crippen MR) is 98.1 cm³/mol. The van der Waals surface area contributed by atoms with Crippen molar-refractivity contribution in [2.45, 2.75) is 32.7 Å². The van der Waals surface area contributed by atoms with Gasteiger partial charge in [-0.2, -0.15) is 0 Å². The van der Waals surface area contributed by atoms with Crippen molar-refractivity contribution in [3.05, 3.63) is 58.6 Å². The maximum atomic E-state index is 12.3. The van der Waals surface area contributed by atoms with E-state index in [4.69, 9.17) is 4.42 Å². The Labute approximate surface area is 151 Å². The Morgan fingerprint density at radius 1 is 1.16 bits per heavy atom. The number of nitrogens with zero attached hydrogens (tertiary/aromatic N) is 2. The van der Waals surface area contributed by atoms with E-state index in [0.29, 0.717) is 30.5 Å². The summed E-state index contributed by atoms with van der Waals surface area (Å²) in [5, 5.41) is 13.2. The van der Waals surface area contributed by atoms with Gasteiger partial charge in [-0.15, -0.1) is 21.5 Å². The number of aryl methyl sites for hydroxylation is 1. The van der Waals surface area contributed by atoms with E-state index >= 15 is 0 Å². The van der Waals surface area contributed by atoms with Gasteiger partial charge < -0.3 is 9.73 Å². The maximum absolute atomic E-state index is 12.3. The molecule has 1 amide bonds. The molecule has 0 bridgehead atoms. The van der Waals surface area contributed by atoms with E-state index in [2.05, 4.69) is 35.4 Å². The van der Waals surface area contributed by atoms with Crippen LogP contribution in [0.2, 0.25) is 0 Å². The molecule has 3 rings (SSSR count). The van der Waals surface area contributed by atoms with Gasteiger partial charge in [-0.1, -0.05) is 38.1 Å². The third-order valence-electron chi connectivity index (χ3n) is 3.89. The molecule has 3 aromatic rings. The molecule has 0 saturated heterocycles. The molecule has 0 radical (unpaired) electrons. The number of aromatic nitrogens is 2. The lowest BCUT2D eigenvalue weighted by Gasteiger charge is -2.21. The Bertz CT molecular complexity index is 797. The van der Waals surface area contributed by atoms with E-state index in [1.165, 1.54) is 4.88 Å². The lowest BCUT2D eigenvalue weighted by molar-refractivity contribution is -0.122. The molecule has 1 unspecified atom stereocenters. The highest BCUT2D eigenvalue weighted by molar-refractivity contribution is 7.10. The molecule has 2 heterocycles. The second-order valence-corrected chi connectivity index (χ2v) is 7.15. The van der Waals surface area contributed by atoms with Crippen molar-refractivity contribution in [2.24, 2.45) is 5.92 Å². The smallest absolute Gasteiger partial charge is 0.247 e. The zero-order valence-corrected chi connectivity index (χ0v) is 15.1. The van der Waals surface area contributed by atoms with Gasteiger partial charge in [0.05, 0.1) is 6.04 Å². The highest BCUT2D eigenvalue weighted by Crippen LogP contribution is 2.26. The van der Waals surface area contributed by atoms with Crippen molar-refractivity contribution in [1.82, 2.24) is 15.5 Å². The molecule has 130 valence electrons. The topological polar surface area (TPSA) is 68.0 Å². The molecule has 0 aliphatic heterocycles. The van der Waals surface area contributed by atoms with Gasteiger partial charge >= 0.3 is 0 Å². The fourth-order valence-corrected chi connectivity index (χ4v) is 3.50. The highest BCUT2D eigenvalue weighted by Gasteiger charge is 2.19. The Morgan fingerprint density at radius 3 is 2.64 bits per heavy atom. The van der Waals surface area contributed by atoms with Crippen LogP contribution in [0.4, 0.5) is 0 Å². The molecule has 1 atom stereocenters. The van der Waals surface area contributed by atoms with Gasteiger partial charge in [0.15, 0.2) is 0 Å². The van der Waals surface area contributed by atoms with Crippen LogP contribution in [0.3, 0.4) is 0 Å². The summed E-state index contributed by atoms with van der Waals surface area (Å²) in [7, 11) is 0. The largest absolute Gasteiger partial charge is 0.421 e. The normalized spacial score (nSPS) is 12.3. The number of rotatable bonds is 7. The summed E-state index contributed by atoms with van der Waals surface area (Å²) >= 11 is 1.66. The minimum Gasteiger partial charge on any atom is -0.421 e. The van der Waals surface area contributed by atoms with E-state index in [1.54, 1.807) is 11.3 Å². The second-order valence-electron chi connectivity index (χ2n) is 6.17. The van der Waals surface area contributed by atoms with Crippen LogP contribution in [0.1, 0.15) is 37.1 Å². The fraction of sp³-hybridized carbons (Fsp3) is 0.316. The molecule has 0 saturated carbocycles. The molecule has 0 fully saturated rings. The van der Waals surface area contributed by atoms with E-state index in [-0.39, 0.29) is 11.9 Å². The van der Waals surface area contributed by atoms with Gasteiger partial charge in [0.25, 0.3) is 0 Å². The predicted octanol–water partition coefficient (Wildman–Crippen LogP) is 4.24. The number of hydrogen-bond acceptors (Lipinski definition) is 5. The average Bonchev–Trinajstić information content (AvgIpc) is 3.30. The lowest BCUT2D eigenvalue weighted by atomic mass is 10.0. The summed E-state index contributed by atoms with van der Waals surface area (Å²) < 4.78 is 5.64. The second kappa shape index (κ2) is 8.07. The quantitative estimate of drug-likeness (QED) is 0.688. The van der Waals surface area contributed by atoms with Gasteiger partial charge in [-0.25, -0.2) is 0 Å². The summed E-state index contributed by atoms with van der Waals surface area (Å²) in [6, 6.07) is 13.7. The van der Waals surface area contributed by atoms with E-state index < -0.39 is 0 Å². The Kier molecular flexibility index (Phi) is 5.60. The molecular formula is C19H21N3O2S. The fourth-order valence-electron chi connectivity index (χ4n) is 2.55. The minimum absolute atomic E-state index is 0.00781. The first-order valence-electron chi connectivity index (χ1n) is 8.34. The van der Waals surface area contributed by atoms with Crippen LogP contribution in [0, 0.1) is 5.92 Å². The van der Waals surface area contributed by atoms with Crippen molar-refractivity contribution in [3.8, 4) is 11.5 Å². The van der Waals surface area contributed by atoms with Gasteiger partial charge in [0.1, 0.15) is 0 Å². The molecular weight excluding hydrogens is 334 g/mol. The van der Waals surface area contributed by atoms with Crippen molar-refractivity contribution in [1.29, 1.82) is 0 Å². The van der Waals surface area contributed by atoms with Crippen LogP contribution in [-0.2, 0) is 11.2 Å². The first-order chi connectivity index (χ1) is 12.1. The van der Waals surface area contributed by atoms with E-state index in [0.717, 1.165) is 5.56 Å². The average molecular weight is 355 g/mol. The minimum atomic E-state index is -0.00781. The zero-order valence-electron chi connectivity index (χ0n) is 14.3. The van der Waals surface area contributed by atoms with Crippen LogP contribution >= 0.6 is 11.3 Å². The van der Waals surface area contributed by atoms with Gasteiger partial charge in [0, 0.05) is 23.3 Å². The molecule has 1 aromatic carbocycles. The van der Waals surface area contributed by atoms with Gasteiger partial charge in [-0.3, -0.25) is 4.79 Å². The Hall–Kier alpha value is -2.47. The number of carbonyl (C=O) groups excluding carboxylic acids is 1. The molecule has 6 heteroatoms. The molecule has 0 spiro atoms. The molecule has 2 aromatic heterocycles. The standard InChI is InChI=1S/C19H21N3O2S/c1-13(2)18(15-9-6-12-25-15)20-16(23)10-11-17-21-22-19(24-17)14-7-4-3-5-8-14/h3-9,12-13,18H,10-11H2,1-2H3,(H,20,23). The third kappa shape index (κ3) is 4.54. The van der Waals surface area contributed by atoms with Crippen LogP contribution in [0.25, 0.3) is 11.5 Å². The monoisotopic (exact) mass is 355 g/mol. The zero-order chi connectivity index (χ0) is 17.6. The number of carbonyl (C=O) groups is 1. The van der Waals surface area contributed by atoms with Crippen LogP contribution < -0.4 is 5.32 Å². The molecule has 1 N–H and O–H groups in total. The molecule has 0 aliphatic carbocycles. The summed E-state index contributed by atoms with van der Waals surface area (Å²) in [5.74, 6) is 1.28. The number of amides is 1. The SMILES string of the molecule is CC(C)C(NC(=O)CCc1nnc(-c2ccccc2)o1)c1cccs1. The van der Waals surface area contributed by atoms with Gasteiger partial charge in [-0.05, 0) is 29.5 Å². The number of hydrogen-bond donors (Lipinski definition) is 1. The number of benzene rings is 1. The third-order valence-corrected chi connectivity index (χ3v) is 4.84. The Balaban J connectivity index is 1.56. The summed E-state index contributed by atoms with van der Waals surface area (Å²) in [6.45, 7) is 4.21. The first-order valence-corrected chi connectivity index (χ1v) is 9.22. The van der Waals surface area contributed by atoms with Crippen LogP contribution in [0.15, 0.2) is 52.3 Å². The first kappa shape index (κ1) is 17.4. The van der Waals surface area contributed by atoms with Crippen molar-refractivity contribution in [3.63, 3.8) is 0 Å². The van der Waals surface area contributed by atoms with Gasteiger partial charge in [0.2, 0.25) is 17.7 Å². The highest BCUT2D eigenvalue weighted by atomic mass is 32.1. The van der Waals surface area contributed by atoms with E-state index in [1.807, 2.05) is 41.8 Å². The summed E-state index contributed by atoms with van der Waals surface area (Å²) in [6.07, 6.45) is 0.756. The molecule has 0 aliphatic rings. The van der Waals surface area contributed by atoms with Crippen molar-refractivity contribution >= 4 is 17.2 Å². The van der Waals surface area contributed by atoms with Crippen molar-refractivity contribution < 1.29 is 9.21 Å². The summed E-state index contributed by atoms with van der Waals surface area (Å²) in [5.41, 5.74) is 0.878. The number of thiophene rings is 1. The lowest BCUT2D eigenvalue weighted by Crippen LogP contribution is -2.31. The van der Waals surface area contributed by atoms with Crippen molar-refractivity contribution in [2.75, 3.05) is 0 Å². The summed E-state index contributed by atoms with van der Waals surface area (Å²) in [4.78, 5) is 13.5.